The van der Waals surface area contributed by atoms with Gasteiger partial charge in [0.05, 0.1) is 19.3 Å². The van der Waals surface area contributed by atoms with Gasteiger partial charge in [-0.1, -0.05) is 6.07 Å². The molecule has 82 valence electrons. The number of aryl methyl sites for hydroxylation is 1. The molecule has 2 heterocycles. The van der Waals surface area contributed by atoms with Crippen molar-refractivity contribution in [2.45, 2.75) is 13.0 Å². The van der Waals surface area contributed by atoms with Gasteiger partial charge in [-0.05, 0) is 19.1 Å². The van der Waals surface area contributed by atoms with Gasteiger partial charge in [0.15, 0.2) is 0 Å². The predicted molar refractivity (Wildman–Crippen MR) is 61.6 cm³/mol. The molecule has 1 saturated heterocycles. The number of hydrogen-bond acceptors (Lipinski definition) is 3. The molecule has 0 bridgehead atoms. The molecule has 1 aliphatic heterocycles. The number of alkyl halides is 1. The quantitative estimate of drug-likeness (QED) is 0.720. The van der Waals surface area contributed by atoms with Crippen LogP contribution >= 0.6 is 11.6 Å². The van der Waals surface area contributed by atoms with E-state index in [4.69, 9.17) is 16.3 Å². The van der Waals surface area contributed by atoms with E-state index in [1.54, 1.807) is 0 Å². The fourth-order valence-electron chi connectivity index (χ4n) is 1.77. The van der Waals surface area contributed by atoms with Gasteiger partial charge in [0.1, 0.15) is 5.82 Å². The smallest absolute Gasteiger partial charge is 0.129 e. The average Bonchev–Trinajstić information content (AvgIpc) is 2.29. The Kier molecular flexibility index (Phi) is 3.44. The Morgan fingerprint density at radius 2 is 2.47 bits per heavy atom. The van der Waals surface area contributed by atoms with Crippen molar-refractivity contribution in [2.24, 2.45) is 0 Å². The number of ether oxygens (including phenoxy) is 1. The first-order chi connectivity index (χ1) is 7.31. The number of nitrogens with zero attached hydrogens (tertiary/aromatic N) is 2. The summed E-state index contributed by atoms with van der Waals surface area (Å²) in [5.74, 6) is 1.58. The molecule has 0 aromatic carbocycles. The Labute approximate surface area is 95.0 Å². The third kappa shape index (κ3) is 2.41. The molecule has 3 nitrogen and oxygen atoms in total. The van der Waals surface area contributed by atoms with Crippen molar-refractivity contribution in [1.29, 1.82) is 0 Å². The molecule has 1 aromatic heterocycles. The number of pyridine rings is 1. The van der Waals surface area contributed by atoms with Gasteiger partial charge in [-0.15, -0.1) is 11.6 Å². The summed E-state index contributed by atoms with van der Waals surface area (Å²) in [6, 6.07) is 6.30. The van der Waals surface area contributed by atoms with Gasteiger partial charge >= 0.3 is 0 Å². The third-order valence-corrected chi connectivity index (χ3v) is 2.93. The lowest BCUT2D eigenvalue weighted by molar-refractivity contribution is 0.0994. The molecule has 1 unspecified atom stereocenters. The van der Waals surface area contributed by atoms with Crippen molar-refractivity contribution in [3.05, 3.63) is 23.9 Å². The van der Waals surface area contributed by atoms with Crippen LogP contribution in [-0.2, 0) is 4.74 Å². The Hall–Kier alpha value is -0.800. The fraction of sp³-hybridized carbons (Fsp3) is 0.545. The predicted octanol–water partition coefficient (Wildman–Crippen LogP) is 1.83. The van der Waals surface area contributed by atoms with Crippen LogP contribution in [0.15, 0.2) is 18.2 Å². The summed E-state index contributed by atoms with van der Waals surface area (Å²) in [6.07, 6.45) is 0. The van der Waals surface area contributed by atoms with E-state index < -0.39 is 0 Å². The highest BCUT2D eigenvalue weighted by molar-refractivity contribution is 6.18. The highest BCUT2D eigenvalue weighted by Crippen LogP contribution is 2.18. The molecule has 0 amide bonds. The summed E-state index contributed by atoms with van der Waals surface area (Å²) < 4.78 is 5.40. The summed E-state index contributed by atoms with van der Waals surface area (Å²) >= 11 is 5.92. The van der Waals surface area contributed by atoms with Crippen LogP contribution in [0.4, 0.5) is 5.82 Å². The SMILES string of the molecule is Cc1cccc(N2CCOCC2CCl)n1. The number of aromatic nitrogens is 1. The van der Waals surface area contributed by atoms with Gasteiger partial charge in [0, 0.05) is 18.1 Å². The molecule has 1 atom stereocenters. The molecule has 1 aromatic rings. The minimum absolute atomic E-state index is 0.245. The largest absolute Gasteiger partial charge is 0.377 e. The van der Waals surface area contributed by atoms with Gasteiger partial charge < -0.3 is 9.64 Å². The zero-order chi connectivity index (χ0) is 10.7. The Balaban J connectivity index is 2.20. The average molecular weight is 227 g/mol. The van der Waals surface area contributed by atoms with Crippen LogP contribution < -0.4 is 4.90 Å². The van der Waals surface area contributed by atoms with Crippen LogP contribution in [0.5, 0.6) is 0 Å². The lowest BCUT2D eigenvalue weighted by Crippen LogP contribution is -2.47. The molecule has 0 spiro atoms. The maximum Gasteiger partial charge on any atom is 0.129 e. The second kappa shape index (κ2) is 4.81. The highest BCUT2D eigenvalue weighted by Gasteiger charge is 2.23. The molecular weight excluding hydrogens is 212 g/mol. The Morgan fingerprint density at radius 1 is 1.60 bits per heavy atom. The lowest BCUT2D eigenvalue weighted by Gasteiger charge is -2.35. The highest BCUT2D eigenvalue weighted by atomic mass is 35.5. The van der Waals surface area contributed by atoms with Crippen molar-refractivity contribution >= 4 is 17.4 Å². The summed E-state index contributed by atoms with van der Waals surface area (Å²) in [7, 11) is 0. The summed E-state index contributed by atoms with van der Waals surface area (Å²) in [5, 5.41) is 0. The van der Waals surface area contributed by atoms with E-state index in [2.05, 4.69) is 9.88 Å². The minimum Gasteiger partial charge on any atom is -0.377 e. The molecule has 4 heteroatoms. The second-order valence-electron chi connectivity index (χ2n) is 3.71. The maximum atomic E-state index is 5.92. The van der Waals surface area contributed by atoms with Crippen LogP contribution in [0.2, 0.25) is 0 Å². The zero-order valence-corrected chi connectivity index (χ0v) is 9.57. The third-order valence-electron chi connectivity index (χ3n) is 2.57. The molecule has 0 aliphatic carbocycles. The summed E-state index contributed by atoms with van der Waals surface area (Å²) in [6.45, 7) is 4.32. The molecule has 0 N–H and O–H groups in total. The maximum absolute atomic E-state index is 5.92. The molecular formula is C11H15ClN2O. The Bertz CT molecular complexity index is 332. The first kappa shape index (κ1) is 10.7. The molecule has 1 fully saturated rings. The van der Waals surface area contributed by atoms with Gasteiger partial charge in [-0.25, -0.2) is 4.98 Å². The van der Waals surface area contributed by atoms with Crippen LogP contribution in [0, 0.1) is 6.92 Å². The van der Waals surface area contributed by atoms with E-state index in [-0.39, 0.29) is 6.04 Å². The first-order valence-electron chi connectivity index (χ1n) is 5.15. The molecule has 0 saturated carbocycles. The van der Waals surface area contributed by atoms with Crippen molar-refractivity contribution in [2.75, 3.05) is 30.5 Å². The number of halogens is 1. The van der Waals surface area contributed by atoms with Crippen molar-refractivity contribution in [3.63, 3.8) is 0 Å². The summed E-state index contributed by atoms with van der Waals surface area (Å²) in [4.78, 5) is 6.73. The molecule has 2 rings (SSSR count). The molecule has 15 heavy (non-hydrogen) atoms. The normalized spacial score (nSPS) is 21.7. The molecule has 0 radical (unpaired) electrons. The van der Waals surface area contributed by atoms with Crippen molar-refractivity contribution in [1.82, 2.24) is 4.98 Å². The minimum atomic E-state index is 0.245. The van der Waals surface area contributed by atoms with E-state index in [9.17, 15) is 0 Å². The fourth-order valence-corrected chi connectivity index (χ4v) is 2.03. The van der Waals surface area contributed by atoms with E-state index in [1.807, 2.05) is 25.1 Å². The molecule has 1 aliphatic rings. The van der Waals surface area contributed by atoms with E-state index in [0.29, 0.717) is 12.5 Å². The summed E-state index contributed by atoms with van der Waals surface area (Å²) in [5.41, 5.74) is 1.03. The Morgan fingerprint density at radius 3 is 3.20 bits per heavy atom. The van der Waals surface area contributed by atoms with Gasteiger partial charge in [-0.2, -0.15) is 0 Å². The number of rotatable bonds is 2. The van der Waals surface area contributed by atoms with Crippen molar-refractivity contribution in [3.8, 4) is 0 Å². The topological polar surface area (TPSA) is 25.4 Å². The van der Waals surface area contributed by atoms with Crippen molar-refractivity contribution < 1.29 is 4.74 Å². The van der Waals surface area contributed by atoms with Gasteiger partial charge in [0.2, 0.25) is 0 Å². The van der Waals surface area contributed by atoms with E-state index in [1.165, 1.54) is 0 Å². The number of anilines is 1. The van der Waals surface area contributed by atoms with Crippen LogP contribution in [0.1, 0.15) is 5.69 Å². The zero-order valence-electron chi connectivity index (χ0n) is 8.82. The number of hydrogen-bond donors (Lipinski definition) is 0. The van der Waals surface area contributed by atoms with E-state index in [0.717, 1.165) is 24.7 Å². The van der Waals surface area contributed by atoms with Crippen LogP contribution in [-0.4, -0.2) is 36.7 Å². The van der Waals surface area contributed by atoms with Crippen LogP contribution in [0.25, 0.3) is 0 Å². The first-order valence-corrected chi connectivity index (χ1v) is 5.68. The lowest BCUT2D eigenvalue weighted by atomic mass is 10.2. The number of morpholine rings is 1. The standard InChI is InChI=1S/C11H15ClN2O/c1-9-3-2-4-11(13-9)14-5-6-15-8-10(14)7-12/h2-4,10H,5-8H2,1H3. The monoisotopic (exact) mass is 226 g/mol. The van der Waals surface area contributed by atoms with Gasteiger partial charge in [0.25, 0.3) is 0 Å². The van der Waals surface area contributed by atoms with E-state index >= 15 is 0 Å². The van der Waals surface area contributed by atoms with Gasteiger partial charge in [-0.3, -0.25) is 0 Å². The van der Waals surface area contributed by atoms with Crippen LogP contribution in [0.3, 0.4) is 0 Å². The second-order valence-corrected chi connectivity index (χ2v) is 4.02.